The second-order valence-electron chi connectivity index (χ2n) is 4.52. The van der Waals surface area contributed by atoms with Crippen LogP contribution in [0.4, 0.5) is 0 Å². The van der Waals surface area contributed by atoms with Crippen LogP contribution in [-0.4, -0.2) is 16.2 Å². The molecule has 2 aromatic rings. The normalized spacial score (nSPS) is 13.1. The molecule has 3 rings (SSSR count). The highest BCUT2D eigenvalue weighted by Crippen LogP contribution is 2.33. The highest BCUT2D eigenvalue weighted by Gasteiger charge is 2.18. The molecule has 0 spiro atoms. The van der Waals surface area contributed by atoms with Gasteiger partial charge in [0.1, 0.15) is 5.75 Å². The van der Waals surface area contributed by atoms with Gasteiger partial charge in [-0.2, -0.15) is 0 Å². The Labute approximate surface area is 130 Å². The van der Waals surface area contributed by atoms with Crippen LogP contribution in [0.2, 0.25) is 0 Å². The minimum absolute atomic E-state index is 0.324. The van der Waals surface area contributed by atoms with E-state index in [9.17, 15) is 9.59 Å². The molecule has 104 valence electrons. The predicted octanol–water partition coefficient (Wildman–Crippen LogP) is 2.04. The van der Waals surface area contributed by atoms with Crippen molar-refractivity contribution in [3.63, 3.8) is 0 Å². The zero-order chi connectivity index (χ0) is 14.3. The minimum atomic E-state index is -0.440. The molecule has 1 N–H and O–H groups in total. The van der Waals surface area contributed by atoms with Gasteiger partial charge in [-0.05, 0) is 33.6 Å². The molecule has 1 aliphatic heterocycles. The van der Waals surface area contributed by atoms with Crippen molar-refractivity contribution in [1.29, 1.82) is 0 Å². The Hall–Kier alpha value is -1.34. The first-order valence-electron chi connectivity index (χ1n) is 5.98. The van der Waals surface area contributed by atoms with Crippen molar-refractivity contribution in [3.05, 3.63) is 59.2 Å². The summed E-state index contributed by atoms with van der Waals surface area (Å²) in [5.41, 5.74) is 1.17. The molecule has 0 atom stereocenters. The maximum Gasteiger partial charge on any atom is 0.328 e. The van der Waals surface area contributed by atoms with Gasteiger partial charge in [0, 0.05) is 22.7 Å². The molecule has 5 nitrogen and oxygen atoms in total. The number of H-pyrrole nitrogens is 1. The molecule has 0 unspecified atom stereocenters. The highest BCUT2D eigenvalue weighted by atomic mass is 79.9. The third kappa shape index (κ3) is 2.47. The van der Waals surface area contributed by atoms with Crippen molar-refractivity contribution in [3.8, 4) is 5.75 Å². The number of aromatic nitrogens is 2. The lowest BCUT2D eigenvalue weighted by molar-refractivity contribution is 0.352. The second-order valence-corrected chi connectivity index (χ2v) is 6.29. The molecule has 7 heteroatoms. The Bertz CT molecular complexity index is 795. The van der Waals surface area contributed by atoms with Crippen molar-refractivity contribution < 1.29 is 4.74 Å². The lowest BCUT2D eigenvalue weighted by atomic mass is 10.1. The Morgan fingerprint density at radius 1 is 1.30 bits per heavy atom. The quantitative estimate of drug-likeness (QED) is 0.837. The van der Waals surface area contributed by atoms with Gasteiger partial charge in [-0.25, -0.2) is 4.79 Å². The molecular formula is C13H10Br2N2O3. The first-order chi connectivity index (χ1) is 9.54. The van der Waals surface area contributed by atoms with Crippen LogP contribution in [0.1, 0.15) is 11.1 Å². The number of halogens is 2. The Balaban J connectivity index is 2.07. The van der Waals surface area contributed by atoms with Gasteiger partial charge in [-0.1, -0.05) is 15.9 Å². The van der Waals surface area contributed by atoms with E-state index in [0.29, 0.717) is 17.6 Å². The predicted molar refractivity (Wildman–Crippen MR) is 81.5 cm³/mol. The number of hydrogen-bond donors (Lipinski definition) is 1. The van der Waals surface area contributed by atoms with Gasteiger partial charge in [0.15, 0.2) is 0 Å². The zero-order valence-corrected chi connectivity index (χ0v) is 13.5. The zero-order valence-electron chi connectivity index (χ0n) is 10.3. The number of benzene rings is 1. The van der Waals surface area contributed by atoms with Crippen molar-refractivity contribution >= 4 is 31.9 Å². The average molecular weight is 402 g/mol. The van der Waals surface area contributed by atoms with Crippen LogP contribution in [0, 0.1) is 0 Å². The number of nitrogens with one attached hydrogen (secondary N) is 1. The molecule has 0 amide bonds. The van der Waals surface area contributed by atoms with Crippen LogP contribution in [0.3, 0.4) is 0 Å². The molecule has 20 heavy (non-hydrogen) atoms. The van der Waals surface area contributed by atoms with Gasteiger partial charge in [0.05, 0.1) is 17.6 Å². The largest absolute Gasteiger partial charge is 0.493 e. The lowest BCUT2D eigenvalue weighted by Crippen LogP contribution is -2.30. The van der Waals surface area contributed by atoms with Crippen LogP contribution in [0.25, 0.3) is 0 Å². The molecule has 0 aliphatic carbocycles. The Kier molecular flexibility index (Phi) is 3.55. The maximum atomic E-state index is 11.8. The number of rotatable bonds is 2. The summed E-state index contributed by atoms with van der Waals surface area (Å²) in [6.45, 7) is 0.999. The highest BCUT2D eigenvalue weighted by molar-refractivity contribution is 9.10. The fraction of sp³-hybridized carbons (Fsp3) is 0.231. The average Bonchev–Trinajstić information content (AvgIpc) is 2.84. The second kappa shape index (κ2) is 5.21. The lowest BCUT2D eigenvalue weighted by Gasteiger charge is -2.11. The van der Waals surface area contributed by atoms with Crippen LogP contribution >= 0.6 is 31.9 Å². The first-order valence-corrected chi connectivity index (χ1v) is 7.56. The molecule has 1 aromatic carbocycles. The van der Waals surface area contributed by atoms with E-state index in [1.807, 2.05) is 12.1 Å². The van der Waals surface area contributed by atoms with Gasteiger partial charge < -0.3 is 4.74 Å². The fourth-order valence-electron chi connectivity index (χ4n) is 2.25. The van der Waals surface area contributed by atoms with Gasteiger partial charge in [0.2, 0.25) is 0 Å². The topological polar surface area (TPSA) is 64.1 Å². The molecule has 1 aliphatic rings. The minimum Gasteiger partial charge on any atom is -0.493 e. The van der Waals surface area contributed by atoms with E-state index in [2.05, 4.69) is 36.8 Å². The summed E-state index contributed by atoms with van der Waals surface area (Å²) in [4.78, 5) is 25.4. The molecule has 0 saturated heterocycles. The van der Waals surface area contributed by atoms with Crippen molar-refractivity contribution in [1.82, 2.24) is 9.55 Å². The SMILES string of the molecule is O=c1[nH]c(=O)n(Cc2cc(Br)cc3c2OCC3)cc1Br. The Morgan fingerprint density at radius 3 is 2.90 bits per heavy atom. The summed E-state index contributed by atoms with van der Waals surface area (Å²) in [7, 11) is 0. The molecule has 0 fully saturated rings. The molecule has 0 radical (unpaired) electrons. The number of ether oxygens (including phenoxy) is 1. The fourth-order valence-corrected chi connectivity index (χ4v) is 3.15. The van der Waals surface area contributed by atoms with Crippen LogP contribution < -0.4 is 16.0 Å². The summed E-state index contributed by atoms with van der Waals surface area (Å²) in [6.07, 6.45) is 2.36. The number of aromatic amines is 1. The van der Waals surface area contributed by atoms with Gasteiger partial charge >= 0.3 is 5.69 Å². The molecule has 0 saturated carbocycles. The third-order valence-corrected chi connectivity index (χ3v) is 4.16. The van der Waals surface area contributed by atoms with Gasteiger partial charge in [0.25, 0.3) is 5.56 Å². The Morgan fingerprint density at radius 2 is 2.10 bits per heavy atom. The summed E-state index contributed by atoms with van der Waals surface area (Å²) in [5.74, 6) is 0.836. The van der Waals surface area contributed by atoms with Crippen molar-refractivity contribution in [2.75, 3.05) is 6.61 Å². The van der Waals surface area contributed by atoms with E-state index < -0.39 is 11.2 Å². The van der Waals surface area contributed by atoms with Gasteiger partial charge in [-0.3, -0.25) is 14.3 Å². The summed E-state index contributed by atoms with van der Waals surface area (Å²) < 4.78 is 8.35. The third-order valence-electron chi connectivity index (χ3n) is 3.13. The monoisotopic (exact) mass is 400 g/mol. The van der Waals surface area contributed by atoms with E-state index >= 15 is 0 Å². The standard InChI is InChI=1S/C13H10Br2N2O3/c14-9-3-7-1-2-20-11(7)8(4-9)5-17-6-10(15)12(18)16-13(17)19/h3-4,6H,1-2,5H2,(H,16,18,19). The molecule has 1 aromatic heterocycles. The molecular weight excluding hydrogens is 392 g/mol. The number of hydrogen-bond acceptors (Lipinski definition) is 3. The molecule has 2 heterocycles. The van der Waals surface area contributed by atoms with Crippen LogP contribution in [0.15, 0.2) is 36.9 Å². The van der Waals surface area contributed by atoms with Crippen molar-refractivity contribution in [2.24, 2.45) is 0 Å². The van der Waals surface area contributed by atoms with E-state index in [-0.39, 0.29) is 0 Å². The number of fused-ring (bicyclic) bond motifs is 1. The van der Waals surface area contributed by atoms with Crippen molar-refractivity contribution in [2.45, 2.75) is 13.0 Å². The van der Waals surface area contributed by atoms with Crippen LogP contribution in [0.5, 0.6) is 5.75 Å². The summed E-state index contributed by atoms with van der Waals surface area (Å²) >= 11 is 6.59. The summed E-state index contributed by atoms with van der Waals surface area (Å²) in [6, 6.07) is 3.95. The first kappa shape index (κ1) is 13.6. The van der Waals surface area contributed by atoms with Gasteiger partial charge in [-0.15, -0.1) is 0 Å². The number of nitrogens with zero attached hydrogens (tertiary/aromatic N) is 1. The molecule has 0 bridgehead atoms. The summed E-state index contributed by atoms with van der Waals surface area (Å²) in [5, 5.41) is 0. The van der Waals surface area contributed by atoms with E-state index in [4.69, 9.17) is 4.74 Å². The van der Waals surface area contributed by atoms with Crippen LogP contribution in [-0.2, 0) is 13.0 Å². The van der Waals surface area contributed by atoms with E-state index in [1.165, 1.54) is 10.8 Å². The smallest absolute Gasteiger partial charge is 0.328 e. The van der Waals surface area contributed by atoms with E-state index in [1.54, 1.807) is 0 Å². The van der Waals surface area contributed by atoms with E-state index in [0.717, 1.165) is 27.8 Å². The maximum absolute atomic E-state index is 11.8.